The summed E-state index contributed by atoms with van der Waals surface area (Å²) < 4.78 is 6.44. The lowest BCUT2D eigenvalue weighted by Gasteiger charge is -2.48. The predicted octanol–water partition coefficient (Wildman–Crippen LogP) is 7.37. The summed E-state index contributed by atoms with van der Waals surface area (Å²) in [5.41, 5.74) is 7.09. The van der Waals surface area contributed by atoms with Crippen LogP contribution in [0.5, 0.6) is 11.5 Å². The van der Waals surface area contributed by atoms with Crippen molar-refractivity contribution in [3.63, 3.8) is 0 Å². The number of allylic oxidation sites excluding steroid dienone is 2. The fourth-order valence-corrected chi connectivity index (χ4v) is 5.91. The van der Waals surface area contributed by atoms with E-state index in [0.29, 0.717) is 5.92 Å². The number of ether oxygens (including phenoxy) is 1. The minimum atomic E-state index is -0.434. The second-order valence-electron chi connectivity index (χ2n) is 8.92. The van der Waals surface area contributed by atoms with E-state index in [4.69, 9.17) is 4.74 Å². The molecule has 4 aromatic carbocycles. The van der Waals surface area contributed by atoms with Crippen molar-refractivity contribution < 1.29 is 4.74 Å². The maximum absolute atomic E-state index is 6.44. The van der Waals surface area contributed by atoms with Crippen LogP contribution in [0.4, 0.5) is 11.4 Å². The van der Waals surface area contributed by atoms with Gasteiger partial charge in [-0.2, -0.15) is 0 Å². The van der Waals surface area contributed by atoms with Crippen molar-refractivity contribution in [2.24, 2.45) is 5.92 Å². The van der Waals surface area contributed by atoms with Crippen LogP contribution in [-0.2, 0) is 5.41 Å². The van der Waals surface area contributed by atoms with Crippen molar-refractivity contribution in [2.75, 3.05) is 11.4 Å². The first kappa shape index (κ1) is 18.5. The Morgan fingerprint density at radius 2 is 1.03 bits per heavy atom. The Bertz CT molecular complexity index is 1340. The highest BCUT2D eigenvalue weighted by Crippen LogP contribution is 2.61. The van der Waals surface area contributed by atoms with Gasteiger partial charge in [-0.1, -0.05) is 97.1 Å². The quantitative estimate of drug-likeness (QED) is 0.293. The van der Waals surface area contributed by atoms with Crippen LogP contribution < -0.4 is 9.64 Å². The molecule has 2 heterocycles. The lowest BCUT2D eigenvalue weighted by atomic mass is 9.61. The number of hydrogen-bond acceptors (Lipinski definition) is 2. The van der Waals surface area contributed by atoms with Gasteiger partial charge in [-0.15, -0.1) is 0 Å². The summed E-state index contributed by atoms with van der Waals surface area (Å²) in [6.45, 7) is 0.914. The molecule has 7 rings (SSSR count). The van der Waals surface area contributed by atoms with Gasteiger partial charge in [0.05, 0.1) is 5.41 Å². The van der Waals surface area contributed by atoms with Crippen molar-refractivity contribution in [3.8, 4) is 11.5 Å². The molecule has 0 aromatic heterocycles. The number of rotatable bonds is 2. The van der Waals surface area contributed by atoms with E-state index in [-0.39, 0.29) is 0 Å². The fourth-order valence-electron chi connectivity index (χ4n) is 5.91. The number of nitrogens with zero attached hydrogens (tertiary/aromatic N) is 1. The third-order valence-electron chi connectivity index (χ3n) is 7.22. The zero-order valence-corrected chi connectivity index (χ0v) is 18.2. The summed E-state index contributed by atoms with van der Waals surface area (Å²) in [5.74, 6) is 2.25. The Labute approximate surface area is 194 Å². The number of para-hydroxylation sites is 4. The molecule has 1 aliphatic carbocycles. The third-order valence-corrected chi connectivity index (χ3v) is 7.22. The molecule has 0 saturated heterocycles. The summed E-state index contributed by atoms with van der Waals surface area (Å²) in [7, 11) is 0. The van der Waals surface area contributed by atoms with E-state index in [1.807, 2.05) is 0 Å². The zero-order chi connectivity index (χ0) is 21.8. The monoisotopic (exact) mass is 425 g/mol. The molecule has 2 heteroatoms. The van der Waals surface area contributed by atoms with E-state index in [1.54, 1.807) is 0 Å². The number of hydrogen-bond donors (Lipinski definition) is 0. The van der Waals surface area contributed by atoms with Crippen molar-refractivity contribution >= 4 is 11.4 Å². The molecule has 158 valence electrons. The normalized spacial score (nSPS) is 16.7. The zero-order valence-electron chi connectivity index (χ0n) is 18.2. The molecule has 1 spiro atoms. The van der Waals surface area contributed by atoms with Crippen molar-refractivity contribution in [1.29, 1.82) is 0 Å². The highest BCUT2D eigenvalue weighted by Gasteiger charge is 2.50. The molecule has 0 N–H and O–H groups in total. The van der Waals surface area contributed by atoms with Crippen LogP contribution in [0.15, 0.2) is 121 Å². The fraction of sp³-hybridized carbons (Fsp3) is 0.0968. The van der Waals surface area contributed by atoms with Gasteiger partial charge in [0.1, 0.15) is 11.5 Å². The van der Waals surface area contributed by atoms with Gasteiger partial charge < -0.3 is 9.64 Å². The van der Waals surface area contributed by atoms with Crippen LogP contribution in [0, 0.1) is 5.92 Å². The van der Waals surface area contributed by atoms with E-state index < -0.39 is 5.41 Å². The minimum Gasteiger partial charge on any atom is -0.457 e. The Morgan fingerprint density at radius 1 is 0.576 bits per heavy atom. The first-order valence-electron chi connectivity index (χ1n) is 11.6. The molecule has 3 aliphatic rings. The van der Waals surface area contributed by atoms with Crippen LogP contribution in [0.3, 0.4) is 0 Å². The Hall–Kier alpha value is -4.04. The smallest absolute Gasteiger partial charge is 0.132 e. The van der Waals surface area contributed by atoms with Crippen LogP contribution >= 0.6 is 0 Å². The SMILES string of the molecule is C1=CC(CN2c3ccccc3C3(c4ccccc4Oc4ccccc43)c3ccccc32)C=C1. The molecule has 4 aromatic rings. The maximum atomic E-state index is 6.44. The van der Waals surface area contributed by atoms with Crippen molar-refractivity contribution in [2.45, 2.75) is 5.41 Å². The summed E-state index contributed by atoms with van der Waals surface area (Å²) in [6.07, 6.45) is 8.88. The average molecular weight is 426 g/mol. The van der Waals surface area contributed by atoms with Crippen LogP contribution in [0.2, 0.25) is 0 Å². The van der Waals surface area contributed by atoms with E-state index in [9.17, 15) is 0 Å². The molecule has 0 fully saturated rings. The van der Waals surface area contributed by atoms with Crippen molar-refractivity contribution in [1.82, 2.24) is 0 Å². The summed E-state index contributed by atoms with van der Waals surface area (Å²) in [4.78, 5) is 2.50. The van der Waals surface area contributed by atoms with Gasteiger partial charge in [0.2, 0.25) is 0 Å². The lowest BCUT2D eigenvalue weighted by molar-refractivity contribution is 0.433. The van der Waals surface area contributed by atoms with Crippen LogP contribution in [-0.4, -0.2) is 6.54 Å². The highest BCUT2D eigenvalue weighted by molar-refractivity contribution is 5.85. The molecule has 0 unspecified atom stereocenters. The Balaban J connectivity index is 1.59. The lowest BCUT2D eigenvalue weighted by Crippen LogP contribution is -2.41. The molecule has 0 radical (unpaired) electrons. The highest BCUT2D eigenvalue weighted by atomic mass is 16.5. The van der Waals surface area contributed by atoms with Gasteiger partial charge in [0, 0.05) is 35.0 Å². The van der Waals surface area contributed by atoms with Gasteiger partial charge in [-0.25, -0.2) is 0 Å². The topological polar surface area (TPSA) is 12.5 Å². The van der Waals surface area contributed by atoms with Gasteiger partial charge >= 0.3 is 0 Å². The molecule has 33 heavy (non-hydrogen) atoms. The molecule has 0 amide bonds. The van der Waals surface area contributed by atoms with E-state index >= 15 is 0 Å². The first-order chi connectivity index (χ1) is 16.4. The number of anilines is 2. The average Bonchev–Trinajstić information content (AvgIpc) is 3.39. The summed E-state index contributed by atoms with van der Waals surface area (Å²) in [6, 6.07) is 34.8. The molecular weight excluding hydrogens is 402 g/mol. The Kier molecular flexibility index (Phi) is 3.92. The summed E-state index contributed by atoms with van der Waals surface area (Å²) in [5, 5.41) is 0. The maximum Gasteiger partial charge on any atom is 0.132 e. The van der Waals surface area contributed by atoms with Gasteiger partial charge in [0.25, 0.3) is 0 Å². The predicted molar refractivity (Wildman–Crippen MR) is 134 cm³/mol. The number of benzene rings is 4. The second-order valence-corrected chi connectivity index (χ2v) is 8.92. The standard InChI is InChI=1S/C31H23NO/c1-2-12-22(11-1)21-32-27-17-7-3-13-23(27)31(24-14-4-8-18-28(24)32)25-15-5-9-19-29(25)33-30-20-10-6-16-26(30)31/h1-20,22H,21H2. The molecule has 0 saturated carbocycles. The van der Waals surface area contributed by atoms with E-state index in [1.165, 1.54) is 33.6 Å². The molecule has 2 nitrogen and oxygen atoms in total. The molecule has 0 atom stereocenters. The largest absolute Gasteiger partial charge is 0.457 e. The summed E-state index contributed by atoms with van der Waals surface area (Å²) >= 11 is 0. The third kappa shape index (κ3) is 2.49. The van der Waals surface area contributed by atoms with Gasteiger partial charge in [-0.05, 0) is 35.4 Å². The first-order valence-corrected chi connectivity index (χ1v) is 11.6. The van der Waals surface area contributed by atoms with Crippen molar-refractivity contribution in [3.05, 3.63) is 144 Å². The van der Waals surface area contributed by atoms with Gasteiger partial charge in [-0.3, -0.25) is 0 Å². The molecular formula is C31H23NO. The minimum absolute atomic E-state index is 0.398. The van der Waals surface area contributed by atoms with Crippen LogP contribution in [0.25, 0.3) is 0 Å². The number of fused-ring (bicyclic) bond motifs is 8. The van der Waals surface area contributed by atoms with E-state index in [2.05, 4.69) is 126 Å². The second kappa shape index (κ2) is 6.98. The van der Waals surface area contributed by atoms with Crippen LogP contribution in [0.1, 0.15) is 22.3 Å². The van der Waals surface area contributed by atoms with E-state index in [0.717, 1.165) is 18.0 Å². The molecule has 2 aliphatic heterocycles. The molecule has 0 bridgehead atoms. The van der Waals surface area contributed by atoms with Gasteiger partial charge in [0.15, 0.2) is 0 Å². The Morgan fingerprint density at radius 3 is 1.58 bits per heavy atom.